The zero-order valence-electron chi connectivity index (χ0n) is 11.3. The van der Waals surface area contributed by atoms with E-state index in [1.54, 1.807) is 11.3 Å². The predicted octanol–water partition coefficient (Wildman–Crippen LogP) is 2.76. The lowest BCUT2D eigenvalue weighted by atomic mass is 10.1. The molecule has 0 radical (unpaired) electrons. The summed E-state index contributed by atoms with van der Waals surface area (Å²) in [4.78, 5) is 9.32. The van der Waals surface area contributed by atoms with Crippen molar-refractivity contribution in [2.24, 2.45) is 5.73 Å². The van der Waals surface area contributed by atoms with Crippen LogP contribution in [0.1, 0.15) is 5.56 Å². The van der Waals surface area contributed by atoms with Crippen molar-refractivity contribution in [1.82, 2.24) is 4.98 Å². The normalized spacial score (nSPS) is 15.3. The topological polar surface area (TPSA) is 45.4 Å². The van der Waals surface area contributed by atoms with Crippen LogP contribution in [0.5, 0.6) is 0 Å². The number of hydrogen-bond acceptors (Lipinski definition) is 5. The first-order valence-electron chi connectivity index (χ1n) is 6.64. The minimum Gasteiger partial charge on any atom is -0.389 e. The van der Waals surface area contributed by atoms with Crippen LogP contribution in [0.2, 0.25) is 5.02 Å². The fourth-order valence-corrected chi connectivity index (χ4v) is 3.64. The average Bonchev–Trinajstić information content (AvgIpc) is 3.01. The van der Waals surface area contributed by atoms with Gasteiger partial charge in [0.25, 0.3) is 0 Å². The highest BCUT2D eigenvalue weighted by molar-refractivity contribution is 7.80. The fourth-order valence-electron chi connectivity index (χ4n) is 2.43. The van der Waals surface area contributed by atoms with Gasteiger partial charge in [-0.3, -0.25) is 0 Å². The Morgan fingerprint density at radius 1 is 1.24 bits per heavy atom. The third kappa shape index (κ3) is 3.12. The minimum atomic E-state index is 0.333. The Bertz CT molecular complexity index is 636. The van der Waals surface area contributed by atoms with Crippen LogP contribution in [-0.4, -0.2) is 36.2 Å². The van der Waals surface area contributed by atoms with E-state index in [2.05, 4.69) is 14.8 Å². The summed E-state index contributed by atoms with van der Waals surface area (Å²) < 4.78 is 0. The van der Waals surface area contributed by atoms with Crippen LogP contribution >= 0.6 is 35.2 Å². The molecule has 21 heavy (non-hydrogen) atoms. The van der Waals surface area contributed by atoms with Crippen LogP contribution in [0, 0.1) is 0 Å². The number of piperazine rings is 1. The molecule has 0 amide bonds. The molecule has 1 aliphatic heterocycles. The van der Waals surface area contributed by atoms with E-state index >= 15 is 0 Å². The van der Waals surface area contributed by atoms with Crippen molar-refractivity contribution in [3.05, 3.63) is 40.4 Å². The molecule has 1 aromatic carbocycles. The van der Waals surface area contributed by atoms with Crippen molar-refractivity contribution >= 4 is 51.0 Å². The lowest BCUT2D eigenvalue weighted by molar-refractivity contribution is 0.652. The van der Waals surface area contributed by atoms with Crippen LogP contribution in [0.3, 0.4) is 0 Å². The molecule has 0 aliphatic carbocycles. The van der Waals surface area contributed by atoms with Crippen molar-refractivity contribution in [2.45, 2.75) is 0 Å². The van der Waals surface area contributed by atoms with E-state index in [-0.39, 0.29) is 0 Å². The summed E-state index contributed by atoms with van der Waals surface area (Å²) in [7, 11) is 0. The van der Waals surface area contributed by atoms with E-state index in [4.69, 9.17) is 29.6 Å². The first kappa shape index (κ1) is 14.6. The first-order valence-corrected chi connectivity index (χ1v) is 8.30. The molecule has 0 atom stereocenters. The zero-order chi connectivity index (χ0) is 14.8. The molecule has 1 saturated heterocycles. The van der Waals surface area contributed by atoms with E-state index < -0.39 is 0 Å². The molecule has 2 aromatic rings. The largest absolute Gasteiger partial charge is 0.389 e. The second kappa shape index (κ2) is 6.17. The summed E-state index contributed by atoms with van der Waals surface area (Å²) in [6.07, 6.45) is 1.85. The van der Waals surface area contributed by atoms with Gasteiger partial charge in [-0.25, -0.2) is 4.98 Å². The summed E-state index contributed by atoms with van der Waals surface area (Å²) in [5, 5.41) is 3.72. The quantitative estimate of drug-likeness (QED) is 0.872. The van der Waals surface area contributed by atoms with Gasteiger partial charge in [0.15, 0.2) is 5.13 Å². The highest BCUT2D eigenvalue weighted by Gasteiger charge is 2.19. The monoisotopic (exact) mass is 338 g/mol. The van der Waals surface area contributed by atoms with Crippen LogP contribution in [0.4, 0.5) is 10.8 Å². The van der Waals surface area contributed by atoms with Crippen LogP contribution in [-0.2, 0) is 0 Å². The van der Waals surface area contributed by atoms with E-state index in [1.165, 1.54) is 0 Å². The van der Waals surface area contributed by atoms with Gasteiger partial charge in [0.05, 0.1) is 5.02 Å². The molecule has 2 heterocycles. The zero-order valence-corrected chi connectivity index (χ0v) is 13.7. The molecule has 1 fully saturated rings. The van der Waals surface area contributed by atoms with Gasteiger partial charge in [-0.2, -0.15) is 0 Å². The van der Waals surface area contributed by atoms with Crippen molar-refractivity contribution in [3.63, 3.8) is 0 Å². The highest BCUT2D eigenvalue weighted by atomic mass is 35.5. The summed E-state index contributed by atoms with van der Waals surface area (Å²) in [5.41, 5.74) is 7.48. The Morgan fingerprint density at radius 2 is 1.95 bits per heavy atom. The van der Waals surface area contributed by atoms with Gasteiger partial charge in [-0.1, -0.05) is 23.8 Å². The molecule has 0 spiro atoms. The van der Waals surface area contributed by atoms with Gasteiger partial charge in [0, 0.05) is 49.0 Å². The molecule has 1 aromatic heterocycles. The third-order valence-corrected chi connectivity index (χ3v) is 4.92. The SMILES string of the molecule is NC(=S)c1ccc(N2CCN(c3nccs3)CC2)cc1Cl. The van der Waals surface area contributed by atoms with Crippen molar-refractivity contribution in [2.75, 3.05) is 36.0 Å². The first-order chi connectivity index (χ1) is 10.1. The molecule has 0 unspecified atom stereocenters. The summed E-state index contributed by atoms with van der Waals surface area (Å²) in [6.45, 7) is 3.81. The number of aromatic nitrogens is 1. The van der Waals surface area contributed by atoms with Gasteiger partial charge in [0.2, 0.25) is 0 Å². The molecule has 0 bridgehead atoms. The number of rotatable bonds is 3. The van der Waals surface area contributed by atoms with Crippen LogP contribution in [0.25, 0.3) is 0 Å². The number of thiocarbonyl (C=S) groups is 1. The lowest BCUT2D eigenvalue weighted by Gasteiger charge is -2.36. The molecule has 0 saturated carbocycles. The maximum Gasteiger partial charge on any atom is 0.185 e. The van der Waals surface area contributed by atoms with Gasteiger partial charge in [0.1, 0.15) is 4.99 Å². The Morgan fingerprint density at radius 3 is 2.52 bits per heavy atom. The van der Waals surface area contributed by atoms with Crippen molar-refractivity contribution in [1.29, 1.82) is 0 Å². The maximum atomic E-state index is 6.24. The molecular formula is C14H15ClN4S2. The minimum absolute atomic E-state index is 0.333. The van der Waals surface area contributed by atoms with Gasteiger partial charge in [-0.15, -0.1) is 11.3 Å². The summed E-state index contributed by atoms with van der Waals surface area (Å²) in [6, 6.07) is 5.86. The van der Waals surface area contributed by atoms with Gasteiger partial charge < -0.3 is 15.5 Å². The molecule has 1 aliphatic rings. The Balaban J connectivity index is 1.69. The van der Waals surface area contributed by atoms with Crippen LogP contribution in [0.15, 0.2) is 29.8 Å². The maximum absolute atomic E-state index is 6.24. The highest BCUT2D eigenvalue weighted by Crippen LogP contribution is 2.26. The summed E-state index contributed by atoms with van der Waals surface area (Å²) >= 11 is 12.9. The van der Waals surface area contributed by atoms with E-state index in [0.717, 1.165) is 42.6 Å². The molecule has 3 rings (SSSR count). The van der Waals surface area contributed by atoms with Crippen molar-refractivity contribution < 1.29 is 0 Å². The lowest BCUT2D eigenvalue weighted by Crippen LogP contribution is -2.46. The molecule has 4 nitrogen and oxygen atoms in total. The Labute approximate surface area is 138 Å². The molecule has 7 heteroatoms. The van der Waals surface area contributed by atoms with Gasteiger partial charge in [-0.05, 0) is 18.2 Å². The number of hydrogen-bond donors (Lipinski definition) is 1. The molecular weight excluding hydrogens is 324 g/mol. The average molecular weight is 339 g/mol. The second-order valence-electron chi connectivity index (χ2n) is 4.82. The molecule has 2 N–H and O–H groups in total. The fraction of sp³-hybridized carbons (Fsp3) is 0.286. The Hall–Kier alpha value is -1.37. The third-order valence-electron chi connectivity index (χ3n) is 3.55. The number of halogens is 1. The number of anilines is 2. The Kier molecular flexibility index (Phi) is 4.28. The van der Waals surface area contributed by atoms with Crippen LogP contribution < -0.4 is 15.5 Å². The number of nitrogens with two attached hydrogens (primary N) is 1. The van der Waals surface area contributed by atoms with E-state index in [1.807, 2.05) is 29.8 Å². The van der Waals surface area contributed by atoms with E-state index in [0.29, 0.717) is 10.0 Å². The number of benzene rings is 1. The standard InChI is InChI=1S/C14H15ClN4S2/c15-12-9-10(1-2-11(12)13(16)20)18-4-6-19(7-5-18)14-17-3-8-21-14/h1-3,8-9H,4-7H2,(H2,16,20). The van der Waals surface area contributed by atoms with Gasteiger partial charge >= 0.3 is 0 Å². The predicted molar refractivity (Wildman–Crippen MR) is 93.9 cm³/mol. The second-order valence-corrected chi connectivity index (χ2v) is 6.54. The number of thiazole rings is 1. The number of nitrogens with zero attached hydrogens (tertiary/aromatic N) is 3. The van der Waals surface area contributed by atoms with E-state index in [9.17, 15) is 0 Å². The smallest absolute Gasteiger partial charge is 0.185 e. The molecule has 110 valence electrons. The van der Waals surface area contributed by atoms with Crippen molar-refractivity contribution in [3.8, 4) is 0 Å². The summed E-state index contributed by atoms with van der Waals surface area (Å²) in [5.74, 6) is 0.